The van der Waals surface area contributed by atoms with E-state index < -0.39 is 0 Å². The van der Waals surface area contributed by atoms with Gasteiger partial charge in [0.2, 0.25) is 0 Å². The molecule has 4 nitrogen and oxygen atoms in total. The van der Waals surface area contributed by atoms with Gasteiger partial charge in [-0.1, -0.05) is 6.92 Å². The first-order valence-corrected chi connectivity index (χ1v) is 8.02. The van der Waals surface area contributed by atoms with Crippen molar-refractivity contribution in [2.24, 2.45) is 17.8 Å². The van der Waals surface area contributed by atoms with Gasteiger partial charge >= 0.3 is 0 Å². The molecule has 0 N–H and O–H groups in total. The quantitative estimate of drug-likeness (QED) is 0.579. The molecule has 0 radical (unpaired) electrons. The van der Waals surface area contributed by atoms with Gasteiger partial charge in [-0.25, -0.2) is 0 Å². The lowest BCUT2D eigenvalue weighted by Gasteiger charge is -2.23. The van der Waals surface area contributed by atoms with Crippen LogP contribution in [0.25, 0.3) is 0 Å². The summed E-state index contributed by atoms with van der Waals surface area (Å²) in [5, 5.41) is 18.5. The number of hydrogen-bond donors (Lipinski definition) is 0. The van der Waals surface area contributed by atoms with Crippen LogP contribution >= 0.6 is 0 Å². The molecule has 0 saturated heterocycles. The molecule has 0 aliphatic rings. The number of rotatable bonds is 11. The molecule has 0 amide bonds. The molecule has 0 heterocycles. The van der Waals surface area contributed by atoms with Crippen molar-refractivity contribution in [3.63, 3.8) is 0 Å². The minimum atomic E-state index is -0.0789. The molecule has 0 aliphatic heterocycles. The molecule has 0 saturated carbocycles. The van der Waals surface area contributed by atoms with Crippen molar-refractivity contribution in [1.29, 1.82) is 10.5 Å². The fourth-order valence-electron chi connectivity index (χ4n) is 2.53. The van der Waals surface area contributed by atoms with E-state index in [1.54, 1.807) is 0 Å². The molecule has 0 aromatic rings. The number of hydrogen-bond acceptors (Lipinski definition) is 4. The van der Waals surface area contributed by atoms with Crippen molar-refractivity contribution in [3.8, 4) is 12.1 Å². The van der Waals surface area contributed by atoms with E-state index in [0.717, 1.165) is 19.3 Å². The normalized spacial score (nSPS) is 18.0. The summed E-state index contributed by atoms with van der Waals surface area (Å²) < 4.78 is 11.0. The lowest BCUT2D eigenvalue weighted by atomic mass is 9.87. The first-order chi connectivity index (χ1) is 9.99. The smallest absolute Gasteiger partial charge is 0.0725 e. The minimum absolute atomic E-state index is 0.0266. The first-order valence-electron chi connectivity index (χ1n) is 8.02. The molecule has 0 rings (SSSR count). The Morgan fingerprint density at radius 1 is 0.810 bits per heavy atom. The maximum absolute atomic E-state index is 9.25. The fourth-order valence-corrected chi connectivity index (χ4v) is 2.53. The summed E-state index contributed by atoms with van der Waals surface area (Å²) in [5.74, 6) is 0.254. The monoisotopic (exact) mass is 294 g/mol. The van der Waals surface area contributed by atoms with E-state index in [0.29, 0.717) is 19.1 Å². The van der Waals surface area contributed by atoms with Crippen LogP contribution in [-0.2, 0) is 9.47 Å². The Balaban J connectivity index is 4.27. The van der Waals surface area contributed by atoms with Crippen LogP contribution in [0.5, 0.6) is 0 Å². The third-order valence-corrected chi connectivity index (χ3v) is 3.95. The van der Waals surface area contributed by atoms with E-state index in [4.69, 9.17) is 9.47 Å². The van der Waals surface area contributed by atoms with Crippen molar-refractivity contribution < 1.29 is 9.47 Å². The van der Waals surface area contributed by atoms with Gasteiger partial charge in [-0.2, -0.15) is 10.5 Å². The van der Waals surface area contributed by atoms with Crippen molar-refractivity contribution >= 4 is 0 Å². The summed E-state index contributed by atoms with van der Waals surface area (Å²) >= 11 is 0. The topological polar surface area (TPSA) is 66.0 Å². The first kappa shape index (κ1) is 19.9. The van der Waals surface area contributed by atoms with Crippen molar-refractivity contribution in [3.05, 3.63) is 0 Å². The summed E-state index contributed by atoms with van der Waals surface area (Å²) in [7, 11) is 0. The molecule has 0 fully saturated rings. The predicted molar refractivity (Wildman–Crippen MR) is 83.4 cm³/mol. The molecule has 0 bridgehead atoms. The van der Waals surface area contributed by atoms with Crippen LogP contribution in [0.4, 0.5) is 0 Å². The van der Waals surface area contributed by atoms with Crippen LogP contribution in [0.1, 0.15) is 53.9 Å². The standard InChI is InChI=1S/C17H30N2O2/c1-6-20-14(4)16(11-18)9-8-13(3)10-17(12-19)15(5)21-7-2/h13-17H,6-10H2,1-5H3. The van der Waals surface area contributed by atoms with Crippen LogP contribution < -0.4 is 0 Å². The van der Waals surface area contributed by atoms with Crippen molar-refractivity contribution in [1.82, 2.24) is 0 Å². The number of nitrogens with zero attached hydrogens (tertiary/aromatic N) is 2. The molecular formula is C17H30N2O2. The van der Waals surface area contributed by atoms with Crippen molar-refractivity contribution in [2.75, 3.05) is 13.2 Å². The molecular weight excluding hydrogens is 264 g/mol. The highest BCUT2D eigenvalue weighted by Gasteiger charge is 2.22. The lowest BCUT2D eigenvalue weighted by molar-refractivity contribution is 0.0379. The largest absolute Gasteiger partial charge is 0.377 e. The van der Waals surface area contributed by atoms with E-state index >= 15 is 0 Å². The zero-order valence-corrected chi connectivity index (χ0v) is 14.1. The molecule has 21 heavy (non-hydrogen) atoms. The highest BCUT2D eigenvalue weighted by molar-refractivity contribution is 4.90. The van der Waals surface area contributed by atoms with E-state index in [9.17, 15) is 10.5 Å². The molecule has 0 aliphatic carbocycles. The Labute approximate surface area is 130 Å². The van der Waals surface area contributed by atoms with E-state index in [1.807, 2.05) is 27.7 Å². The van der Waals surface area contributed by atoms with Gasteiger partial charge in [0, 0.05) is 13.2 Å². The summed E-state index contributed by atoms with van der Waals surface area (Å²) in [6.07, 6.45) is 2.52. The summed E-state index contributed by atoms with van der Waals surface area (Å²) in [5.41, 5.74) is 0. The Morgan fingerprint density at radius 3 is 1.71 bits per heavy atom. The predicted octanol–water partition coefficient (Wildman–Crippen LogP) is 3.92. The Morgan fingerprint density at radius 2 is 1.29 bits per heavy atom. The van der Waals surface area contributed by atoms with Gasteiger partial charge in [0.15, 0.2) is 0 Å². The molecule has 0 spiro atoms. The maximum atomic E-state index is 9.25. The zero-order valence-electron chi connectivity index (χ0n) is 14.1. The number of ether oxygens (including phenoxy) is 2. The highest BCUT2D eigenvalue weighted by atomic mass is 16.5. The third kappa shape index (κ3) is 8.05. The molecule has 0 aromatic carbocycles. The third-order valence-electron chi connectivity index (χ3n) is 3.95. The Bertz CT molecular complexity index is 346. The fraction of sp³-hybridized carbons (Fsp3) is 0.882. The van der Waals surface area contributed by atoms with Crippen LogP contribution in [0.2, 0.25) is 0 Å². The van der Waals surface area contributed by atoms with Gasteiger partial charge in [-0.05, 0) is 52.9 Å². The molecule has 5 unspecified atom stereocenters. The molecule has 0 aromatic heterocycles. The van der Waals surface area contributed by atoms with Crippen LogP contribution in [-0.4, -0.2) is 25.4 Å². The SMILES string of the molecule is CCOC(C)C(C#N)CCC(C)CC(C#N)C(C)OCC. The van der Waals surface area contributed by atoms with Gasteiger partial charge < -0.3 is 9.47 Å². The van der Waals surface area contributed by atoms with Gasteiger partial charge in [-0.15, -0.1) is 0 Å². The second kappa shape index (κ2) is 11.5. The average molecular weight is 294 g/mol. The van der Waals surface area contributed by atoms with Crippen molar-refractivity contribution in [2.45, 2.75) is 66.1 Å². The Kier molecular flexibility index (Phi) is 10.9. The van der Waals surface area contributed by atoms with Crippen LogP contribution in [0.3, 0.4) is 0 Å². The van der Waals surface area contributed by atoms with E-state index in [-0.39, 0.29) is 24.0 Å². The van der Waals surface area contributed by atoms with Crippen LogP contribution in [0.15, 0.2) is 0 Å². The lowest BCUT2D eigenvalue weighted by Crippen LogP contribution is -2.23. The summed E-state index contributed by atoms with van der Waals surface area (Å²) in [6.45, 7) is 11.2. The number of nitriles is 2. The highest BCUT2D eigenvalue weighted by Crippen LogP contribution is 2.24. The summed E-state index contributed by atoms with van der Waals surface area (Å²) in [6, 6.07) is 4.69. The van der Waals surface area contributed by atoms with Gasteiger partial charge in [0.05, 0.1) is 36.2 Å². The molecule has 4 heteroatoms. The second-order valence-corrected chi connectivity index (χ2v) is 5.71. The Hall–Kier alpha value is -1.10. The summed E-state index contributed by atoms with van der Waals surface area (Å²) in [4.78, 5) is 0. The van der Waals surface area contributed by atoms with Gasteiger partial charge in [0.1, 0.15) is 0 Å². The minimum Gasteiger partial charge on any atom is -0.377 e. The average Bonchev–Trinajstić information content (AvgIpc) is 2.45. The van der Waals surface area contributed by atoms with E-state index in [1.165, 1.54) is 0 Å². The second-order valence-electron chi connectivity index (χ2n) is 5.71. The van der Waals surface area contributed by atoms with E-state index in [2.05, 4.69) is 19.1 Å². The van der Waals surface area contributed by atoms with Crippen LogP contribution in [0, 0.1) is 40.4 Å². The molecule has 120 valence electrons. The zero-order chi connectivity index (χ0) is 16.3. The van der Waals surface area contributed by atoms with Gasteiger partial charge in [-0.3, -0.25) is 0 Å². The maximum Gasteiger partial charge on any atom is 0.0725 e. The molecule has 5 atom stereocenters. The van der Waals surface area contributed by atoms with Gasteiger partial charge in [0.25, 0.3) is 0 Å².